The molecule has 1 unspecified atom stereocenters. The maximum Gasteiger partial charge on any atom is 0.313 e. The third kappa shape index (κ3) is 7.30. The minimum Gasteiger partial charge on any atom is -0.455 e. The number of anilines is 2. The molecule has 2 aromatic rings. The molecule has 0 radical (unpaired) electrons. The molecule has 9 atom stereocenters. The van der Waals surface area contributed by atoms with Gasteiger partial charge in [0.2, 0.25) is 11.8 Å². The number of hydrogen-bond acceptors (Lipinski definition) is 8. The number of likely N-dealkylation sites (tertiary alicyclic amines) is 1. The van der Waals surface area contributed by atoms with Crippen LogP contribution in [0.1, 0.15) is 58.6 Å². The van der Waals surface area contributed by atoms with Crippen LogP contribution in [0.15, 0.2) is 79.9 Å². The van der Waals surface area contributed by atoms with Gasteiger partial charge in [-0.25, -0.2) is 0 Å². The van der Waals surface area contributed by atoms with Gasteiger partial charge in [0, 0.05) is 42.3 Å². The van der Waals surface area contributed by atoms with Gasteiger partial charge < -0.3 is 34.6 Å². The van der Waals surface area contributed by atoms with Crippen LogP contribution in [0, 0.1) is 11.8 Å². The Morgan fingerprint density at radius 3 is 2.33 bits per heavy atom. The van der Waals surface area contributed by atoms with Crippen molar-refractivity contribution in [3.8, 4) is 0 Å². The van der Waals surface area contributed by atoms with Gasteiger partial charge in [-0.3, -0.25) is 19.2 Å². The number of carbonyl (C=O) groups excluding carboxylic acids is 4. The van der Waals surface area contributed by atoms with Crippen molar-refractivity contribution in [1.82, 2.24) is 10.2 Å². The highest BCUT2D eigenvalue weighted by atomic mass is 79.9. The standard InChI is InChI=1S/C40H51BrN4O7/c1-7-11-17-31(47)42-26(6)34(27-15-13-12-14-16-27)51-39(50)32-33-37(48)45(25(5)24-46)36(40(33)23-30(41)35(32)52-40)38(49)44(22-8-2)29-20-18-28(19-21-29)43(9-3)10-4/h7-8,12-16,18-21,25-26,30,32-36,46H,1-2,9-11,17,22-24H2,3-6H3,(H,42,47)/t25-,26-,30?,32-,33+,34-,35-,36-,40+/m1/s1. The molecule has 3 heterocycles. The van der Waals surface area contributed by atoms with Crippen LogP contribution in [0.25, 0.3) is 0 Å². The average molecular weight is 780 g/mol. The molecule has 2 N–H and O–H groups in total. The molecule has 52 heavy (non-hydrogen) atoms. The first kappa shape index (κ1) is 39.2. The fraction of sp³-hybridized carbons (Fsp3) is 0.500. The molecule has 3 saturated heterocycles. The fourth-order valence-corrected chi connectivity index (χ4v) is 9.09. The molecule has 1 spiro atoms. The van der Waals surface area contributed by atoms with Gasteiger partial charge in [-0.15, -0.1) is 13.2 Å². The molecule has 280 valence electrons. The highest BCUT2D eigenvalue weighted by Crippen LogP contribution is 2.61. The van der Waals surface area contributed by atoms with Crippen LogP contribution in [-0.2, 0) is 28.7 Å². The fourth-order valence-electron chi connectivity index (χ4n) is 8.15. The second-order valence-corrected chi connectivity index (χ2v) is 15.0. The zero-order valence-electron chi connectivity index (χ0n) is 30.4. The van der Waals surface area contributed by atoms with Gasteiger partial charge in [0.05, 0.1) is 36.6 Å². The summed E-state index contributed by atoms with van der Waals surface area (Å²) in [6.07, 6.45) is 2.71. The Morgan fingerprint density at radius 1 is 1.08 bits per heavy atom. The summed E-state index contributed by atoms with van der Waals surface area (Å²) in [7, 11) is 0. The van der Waals surface area contributed by atoms with Crippen LogP contribution in [-0.4, -0.2) is 94.6 Å². The number of rotatable bonds is 17. The second-order valence-electron chi connectivity index (χ2n) is 13.8. The molecule has 0 aliphatic carbocycles. The Kier molecular flexibility index (Phi) is 12.6. The number of aliphatic hydroxyl groups excluding tert-OH is 1. The lowest BCUT2D eigenvalue weighted by molar-refractivity contribution is -0.162. The molecular weight excluding hydrogens is 728 g/mol. The normalized spacial score (nSPS) is 26.2. The minimum absolute atomic E-state index is 0.165. The van der Waals surface area contributed by atoms with Crippen molar-refractivity contribution in [1.29, 1.82) is 0 Å². The van der Waals surface area contributed by atoms with Gasteiger partial charge in [0.25, 0.3) is 5.91 Å². The Morgan fingerprint density at radius 2 is 1.73 bits per heavy atom. The van der Waals surface area contributed by atoms with Crippen molar-refractivity contribution in [2.45, 2.75) is 87.7 Å². The van der Waals surface area contributed by atoms with E-state index in [0.717, 1.165) is 18.8 Å². The smallest absolute Gasteiger partial charge is 0.313 e. The first-order chi connectivity index (χ1) is 25.0. The number of nitrogens with zero attached hydrogens (tertiary/aromatic N) is 3. The third-order valence-electron chi connectivity index (χ3n) is 10.6. The van der Waals surface area contributed by atoms with Gasteiger partial charge in [0.1, 0.15) is 17.7 Å². The number of esters is 1. The van der Waals surface area contributed by atoms with E-state index in [2.05, 4.69) is 53.2 Å². The number of ether oxygens (including phenoxy) is 2. The van der Waals surface area contributed by atoms with E-state index in [1.807, 2.05) is 54.6 Å². The minimum atomic E-state index is -1.37. The molecule has 3 fully saturated rings. The predicted molar refractivity (Wildman–Crippen MR) is 204 cm³/mol. The van der Waals surface area contributed by atoms with E-state index in [0.29, 0.717) is 24.1 Å². The highest BCUT2D eigenvalue weighted by Gasteiger charge is 2.77. The Balaban J connectivity index is 1.50. The van der Waals surface area contributed by atoms with Gasteiger partial charge in [-0.1, -0.05) is 58.4 Å². The monoisotopic (exact) mass is 778 g/mol. The largest absolute Gasteiger partial charge is 0.455 e. The van der Waals surface area contributed by atoms with E-state index >= 15 is 0 Å². The molecule has 0 aromatic heterocycles. The third-order valence-corrected chi connectivity index (χ3v) is 11.5. The van der Waals surface area contributed by atoms with Gasteiger partial charge in [-0.2, -0.15) is 0 Å². The molecule has 5 rings (SSSR count). The van der Waals surface area contributed by atoms with Crippen LogP contribution in [0.2, 0.25) is 0 Å². The molecule has 3 amide bonds. The summed E-state index contributed by atoms with van der Waals surface area (Å²) in [5, 5.41) is 13.3. The van der Waals surface area contributed by atoms with Crippen LogP contribution >= 0.6 is 15.9 Å². The molecule has 2 bridgehead atoms. The number of carbonyl (C=O) groups is 4. The summed E-state index contributed by atoms with van der Waals surface area (Å²) in [5.41, 5.74) is 0.951. The summed E-state index contributed by atoms with van der Waals surface area (Å²) >= 11 is 3.73. The van der Waals surface area contributed by atoms with Crippen LogP contribution in [0.5, 0.6) is 0 Å². The molecule has 0 saturated carbocycles. The maximum absolute atomic E-state index is 14.9. The average Bonchev–Trinajstić information content (AvgIpc) is 3.75. The van der Waals surface area contributed by atoms with E-state index < -0.39 is 66.3 Å². The number of benzene rings is 2. The highest BCUT2D eigenvalue weighted by molar-refractivity contribution is 9.09. The Labute approximate surface area is 315 Å². The SMILES string of the molecule is C=CCCC(=O)N[C@H](C)[C@@H](OC(=O)[C@H]1[C@@H]2O[C@@]3(CC2Br)[C@@H]1C(=O)N([C@H](C)CO)[C@@H]3C(=O)N(CC=C)c1ccc(N(CC)CC)cc1)c1ccccc1. The summed E-state index contributed by atoms with van der Waals surface area (Å²) in [4.78, 5) is 61.5. The van der Waals surface area contributed by atoms with Crippen molar-refractivity contribution >= 4 is 51.0 Å². The lowest BCUT2D eigenvalue weighted by atomic mass is 9.70. The van der Waals surface area contributed by atoms with Crippen LogP contribution < -0.4 is 15.1 Å². The number of halogens is 1. The topological polar surface area (TPSA) is 129 Å². The lowest BCUT2D eigenvalue weighted by Gasteiger charge is -2.38. The number of nitrogens with one attached hydrogen (secondary N) is 1. The van der Waals surface area contributed by atoms with E-state index in [4.69, 9.17) is 9.47 Å². The van der Waals surface area contributed by atoms with Crippen LogP contribution in [0.4, 0.5) is 11.4 Å². The zero-order chi connectivity index (χ0) is 37.7. The number of aliphatic hydroxyl groups is 1. The van der Waals surface area contributed by atoms with Gasteiger partial charge in [-0.05, 0) is 70.4 Å². The molecular formula is C40H51BrN4O7. The molecule has 3 aliphatic rings. The number of hydrogen-bond donors (Lipinski definition) is 2. The van der Waals surface area contributed by atoms with Crippen molar-refractivity contribution < 1.29 is 33.8 Å². The van der Waals surface area contributed by atoms with Crippen molar-refractivity contribution in [2.24, 2.45) is 11.8 Å². The van der Waals surface area contributed by atoms with Gasteiger partial charge >= 0.3 is 5.97 Å². The van der Waals surface area contributed by atoms with E-state index in [9.17, 15) is 24.3 Å². The number of alkyl halides is 1. The molecule has 2 aromatic carbocycles. The number of fused-ring (bicyclic) bond motifs is 1. The predicted octanol–water partition coefficient (Wildman–Crippen LogP) is 4.94. The molecule has 12 heteroatoms. The summed E-state index contributed by atoms with van der Waals surface area (Å²) < 4.78 is 13.0. The first-order valence-corrected chi connectivity index (χ1v) is 19.1. The van der Waals surface area contributed by atoms with Crippen molar-refractivity contribution in [2.75, 3.05) is 36.0 Å². The maximum atomic E-state index is 14.9. The van der Waals surface area contributed by atoms with Crippen molar-refractivity contribution in [3.63, 3.8) is 0 Å². The van der Waals surface area contributed by atoms with E-state index in [1.165, 1.54) is 4.90 Å². The Bertz CT molecular complexity index is 1620. The molecule has 3 aliphatic heterocycles. The zero-order valence-corrected chi connectivity index (χ0v) is 32.0. The van der Waals surface area contributed by atoms with E-state index in [-0.39, 0.29) is 29.6 Å². The van der Waals surface area contributed by atoms with Gasteiger partial charge in [0.15, 0.2) is 0 Å². The summed E-state index contributed by atoms with van der Waals surface area (Å²) in [6, 6.07) is 14.3. The molecule has 11 nitrogen and oxygen atoms in total. The Hall–Kier alpha value is -4.00. The second kappa shape index (κ2) is 16.8. The first-order valence-electron chi connectivity index (χ1n) is 18.2. The summed E-state index contributed by atoms with van der Waals surface area (Å²) in [6.45, 7) is 16.6. The van der Waals surface area contributed by atoms with Crippen molar-refractivity contribution in [3.05, 3.63) is 85.5 Å². The van der Waals surface area contributed by atoms with E-state index in [1.54, 1.807) is 30.9 Å². The quantitative estimate of drug-likeness (QED) is 0.132. The summed E-state index contributed by atoms with van der Waals surface area (Å²) in [5.74, 6) is -3.78. The van der Waals surface area contributed by atoms with Crippen LogP contribution in [0.3, 0.4) is 0 Å². The lowest BCUT2D eigenvalue weighted by Crippen LogP contribution is -2.58. The number of allylic oxidation sites excluding steroid dienone is 1. The number of amides is 3.